The van der Waals surface area contributed by atoms with Crippen LogP contribution in [0.1, 0.15) is 45.1 Å². The second kappa shape index (κ2) is 5.12. The molecule has 2 aliphatic rings. The van der Waals surface area contributed by atoms with Gasteiger partial charge in [0.25, 0.3) is 0 Å². The highest BCUT2D eigenvalue weighted by molar-refractivity contribution is 5.89. The molecule has 2 amide bonds. The van der Waals surface area contributed by atoms with Crippen LogP contribution in [0.25, 0.3) is 0 Å². The first-order chi connectivity index (χ1) is 9.59. The highest BCUT2D eigenvalue weighted by atomic mass is 16.2. The summed E-state index contributed by atoms with van der Waals surface area (Å²) < 4.78 is 0. The van der Waals surface area contributed by atoms with Gasteiger partial charge >= 0.3 is 6.03 Å². The Labute approximate surface area is 121 Å². The molecule has 0 spiro atoms. The van der Waals surface area contributed by atoms with Gasteiger partial charge in [0, 0.05) is 18.8 Å². The summed E-state index contributed by atoms with van der Waals surface area (Å²) in [5.41, 5.74) is 2.63. The number of carbonyl (C=O) groups is 1. The Morgan fingerprint density at radius 2 is 1.90 bits per heavy atom. The van der Waals surface area contributed by atoms with Crippen LogP contribution in [0.15, 0.2) is 24.3 Å². The number of rotatable bonds is 2. The van der Waals surface area contributed by atoms with Gasteiger partial charge in [0.15, 0.2) is 0 Å². The zero-order valence-electron chi connectivity index (χ0n) is 12.5. The Morgan fingerprint density at radius 1 is 1.25 bits per heavy atom. The van der Waals surface area contributed by atoms with Crippen LogP contribution in [0.5, 0.6) is 0 Å². The predicted octanol–water partition coefficient (Wildman–Crippen LogP) is 4.00. The number of amides is 2. The molecule has 0 aromatic heterocycles. The minimum Gasteiger partial charge on any atom is -0.325 e. The van der Waals surface area contributed by atoms with Gasteiger partial charge in [0.05, 0.1) is 0 Å². The molecule has 1 aromatic carbocycles. The molecule has 3 rings (SSSR count). The van der Waals surface area contributed by atoms with Crippen molar-refractivity contribution in [1.82, 2.24) is 4.90 Å². The molecule has 1 aliphatic carbocycles. The van der Waals surface area contributed by atoms with Crippen LogP contribution >= 0.6 is 0 Å². The fraction of sp³-hybridized carbons (Fsp3) is 0.588. The number of anilines is 1. The van der Waals surface area contributed by atoms with Crippen molar-refractivity contribution in [2.24, 2.45) is 5.92 Å². The van der Waals surface area contributed by atoms with Crippen molar-refractivity contribution in [1.29, 1.82) is 0 Å². The summed E-state index contributed by atoms with van der Waals surface area (Å²) in [5, 5.41) is 3.00. The summed E-state index contributed by atoms with van der Waals surface area (Å²) in [7, 11) is 0. The molecular weight excluding hydrogens is 248 g/mol. The third-order valence-electron chi connectivity index (χ3n) is 5.37. The number of hydrogen-bond acceptors (Lipinski definition) is 1. The normalized spacial score (nSPS) is 29.1. The molecular formula is C17H24N2O. The van der Waals surface area contributed by atoms with E-state index in [-0.39, 0.29) is 6.03 Å². The lowest BCUT2D eigenvalue weighted by molar-refractivity contribution is 0.159. The van der Waals surface area contributed by atoms with E-state index in [4.69, 9.17) is 0 Å². The summed E-state index contributed by atoms with van der Waals surface area (Å²) in [6.45, 7) is 6.45. The van der Waals surface area contributed by atoms with Crippen LogP contribution < -0.4 is 5.32 Å². The topological polar surface area (TPSA) is 32.3 Å². The average molecular weight is 272 g/mol. The van der Waals surface area contributed by atoms with Crippen LogP contribution in [-0.4, -0.2) is 24.0 Å². The average Bonchev–Trinajstić information content (AvgIpc) is 3.00. The lowest BCUT2D eigenvalue weighted by atomic mass is 9.59. The van der Waals surface area contributed by atoms with E-state index in [1.165, 1.54) is 18.4 Å². The number of carbonyl (C=O) groups excluding carboxylic acids is 1. The number of hydrogen-bond donors (Lipinski definition) is 1. The summed E-state index contributed by atoms with van der Waals surface area (Å²) in [6, 6.07) is 8.47. The van der Waals surface area contributed by atoms with Gasteiger partial charge in [0.1, 0.15) is 0 Å². The summed E-state index contributed by atoms with van der Waals surface area (Å²) >= 11 is 0. The van der Waals surface area contributed by atoms with E-state index < -0.39 is 0 Å². The van der Waals surface area contributed by atoms with Gasteiger partial charge in [-0.25, -0.2) is 4.79 Å². The molecule has 1 aromatic rings. The Balaban J connectivity index is 1.65. The van der Waals surface area contributed by atoms with E-state index in [9.17, 15) is 4.79 Å². The first-order valence-electron chi connectivity index (χ1n) is 7.76. The van der Waals surface area contributed by atoms with E-state index in [1.54, 1.807) is 0 Å². The molecule has 20 heavy (non-hydrogen) atoms. The third-order valence-corrected chi connectivity index (χ3v) is 5.37. The SMILES string of the molecule is CC1CCC1(C)c1ccc(NC(=O)N2CCCC2)cc1. The molecule has 2 unspecified atom stereocenters. The summed E-state index contributed by atoms with van der Waals surface area (Å²) in [6.07, 6.45) is 4.85. The number of likely N-dealkylation sites (tertiary alicyclic amines) is 1. The summed E-state index contributed by atoms with van der Waals surface area (Å²) in [4.78, 5) is 13.9. The Morgan fingerprint density at radius 3 is 2.40 bits per heavy atom. The highest BCUT2D eigenvalue weighted by Gasteiger charge is 2.40. The molecule has 1 heterocycles. The Hall–Kier alpha value is -1.51. The lowest BCUT2D eigenvalue weighted by Gasteiger charge is -2.46. The number of nitrogens with zero attached hydrogens (tertiary/aromatic N) is 1. The third kappa shape index (κ3) is 2.30. The van der Waals surface area contributed by atoms with E-state index in [0.717, 1.165) is 37.5 Å². The first-order valence-corrected chi connectivity index (χ1v) is 7.76. The molecule has 108 valence electrons. The largest absolute Gasteiger partial charge is 0.325 e. The van der Waals surface area contributed by atoms with Gasteiger partial charge in [-0.15, -0.1) is 0 Å². The zero-order chi connectivity index (χ0) is 14.2. The zero-order valence-corrected chi connectivity index (χ0v) is 12.5. The lowest BCUT2D eigenvalue weighted by Crippen LogP contribution is -2.39. The molecule has 1 aliphatic heterocycles. The minimum atomic E-state index is 0.0403. The molecule has 3 heteroatoms. The van der Waals surface area contributed by atoms with Gasteiger partial charge in [-0.1, -0.05) is 26.0 Å². The van der Waals surface area contributed by atoms with Crippen molar-refractivity contribution in [3.63, 3.8) is 0 Å². The number of nitrogens with one attached hydrogen (secondary N) is 1. The van der Waals surface area contributed by atoms with E-state index >= 15 is 0 Å². The van der Waals surface area contributed by atoms with Gasteiger partial charge in [-0.2, -0.15) is 0 Å². The van der Waals surface area contributed by atoms with Crippen LogP contribution in [0, 0.1) is 5.92 Å². The van der Waals surface area contributed by atoms with Crippen molar-refractivity contribution in [2.75, 3.05) is 18.4 Å². The van der Waals surface area contributed by atoms with Crippen LogP contribution in [0.3, 0.4) is 0 Å². The fourth-order valence-electron chi connectivity index (χ4n) is 3.35. The van der Waals surface area contributed by atoms with E-state index in [0.29, 0.717) is 5.41 Å². The monoisotopic (exact) mass is 272 g/mol. The standard InChI is InChI=1S/C17H24N2O/c1-13-9-10-17(13,2)14-5-7-15(8-6-14)18-16(20)19-11-3-4-12-19/h5-8,13H,3-4,9-12H2,1-2H3,(H,18,20). The second-order valence-electron chi connectivity index (χ2n) is 6.56. The maximum atomic E-state index is 12.0. The maximum absolute atomic E-state index is 12.0. The van der Waals surface area contributed by atoms with Gasteiger partial charge in [-0.3, -0.25) is 0 Å². The van der Waals surface area contributed by atoms with Crippen molar-refractivity contribution in [3.05, 3.63) is 29.8 Å². The van der Waals surface area contributed by atoms with Crippen LogP contribution in [-0.2, 0) is 5.41 Å². The highest BCUT2D eigenvalue weighted by Crippen LogP contribution is 2.48. The van der Waals surface area contributed by atoms with Crippen molar-refractivity contribution < 1.29 is 4.79 Å². The smallest absolute Gasteiger partial charge is 0.321 e. The first kappa shape index (κ1) is 13.5. The second-order valence-corrected chi connectivity index (χ2v) is 6.56. The van der Waals surface area contributed by atoms with Crippen LogP contribution in [0.4, 0.5) is 10.5 Å². The Kier molecular flexibility index (Phi) is 3.45. The predicted molar refractivity (Wildman–Crippen MR) is 82.0 cm³/mol. The van der Waals surface area contributed by atoms with E-state index in [2.05, 4.69) is 31.3 Å². The van der Waals surface area contributed by atoms with Crippen molar-refractivity contribution in [3.8, 4) is 0 Å². The van der Waals surface area contributed by atoms with Gasteiger partial charge < -0.3 is 10.2 Å². The quantitative estimate of drug-likeness (QED) is 0.867. The summed E-state index contributed by atoms with van der Waals surface area (Å²) in [5.74, 6) is 0.757. The molecule has 2 fully saturated rings. The maximum Gasteiger partial charge on any atom is 0.321 e. The van der Waals surface area contributed by atoms with Crippen molar-refractivity contribution in [2.45, 2.75) is 44.9 Å². The fourth-order valence-corrected chi connectivity index (χ4v) is 3.35. The number of urea groups is 1. The molecule has 3 nitrogen and oxygen atoms in total. The number of benzene rings is 1. The van der Waals surface area contributed by atoms with E-state index in [1.807, 2.05) is 17.0 Å². The van der Waals surface area contributed by atoms with Gasteiger partial charge in [0.2, 0.25) is 0 Å². The van der Waals surface area contributed by atoms with Crippen molar-refractivity contribution >= 4 is 11.7 Å². The molecule has 1 N–H and O–H groups in total. The molecule has 0 radical (unpaired) electrons. The molecule has 1 saturated heterocycles. The Bertz CT molecular complexity index is 490. The molecule has 2 atom stereocenters. The van der Waals surface area contributed by atoms with Gasteiger partial charge in [-0.05, 0) is 54.7 Å². The minimum absolute atomic E-state index is 0.0403. The molecule has 1 saturated carbocycles. The van der Waals surface area contributed by atoms with Crippen LogP contribution in [0.2, 0.25) is 0 Å². The molecule has 0 bridgehead atoms.